The minimum atomic E-state index is -0.274. The van der Waals surface area contributed by atoms with Crippen LogP contribution >= 0.6 is 15.9 Å². The molecule has 2 aliphatic carbocycles. The van der Waals surface area contributed by atoms with E-state index in [1.54, 1.807) is 0 Å². The summed E-state index contributed by atoms with van der Waals surface area (Å²) in [5, 5.41) is 8.62. The molecule has 3 fully saturated rings. The molecule has 0 amide bonds. The number of nitrogens with zero attached hydrogens (tertiary/aromatic N) is 2. The average molecular weight is 547 g/mol. The van der Waals surface area contributed by atoms with Crippen molar-refractivity contribution in [3.8, 4) is 0 Å². The molecule has 1 aromatic heterocycles. The number of H-pyrrole nitrogens is 1. The van der Waals surface area contributed by atoms with Gasteiger partial charge in [0, 0.05) is 83.7 Å². The quantitative estimate of drug-likeness (QED) is 0.440. The number of hydrogen-bond acceptors (Lipinski definition) is 5. The van der Waals surface area contributed by atoms with Crippen molar-refractivity contribution in [1.29, 1.82) is 5.41 Å². The normalized spacial score (nSPS) is 21.9. The standard InChI is InChI=1S/C29H31BrN4O2/c30-23-15-21-22(16-25(23)34-10-8-33(9-11-34)19-2-1-3-19)29(6-12-36-13-7-29)28-26(27(21)35)20-5-4-18(17-31)14-24(20)32-28/h4-5,14-17,19,31-32H,1-3,6-13H2. The highest BCUT2D eigenvalue weighted by atomic mass is 79.9. The summed E-state index contributed by atoms with van der Waals surface area (Å²) >= 11 is 3.85. The summed E-state index contributed by atoms with van der Waals surface area (Å²) in [6, 6.07) is 11.1. The van der Waals surface area contributed by atoms with E-state index >= 15 is 0 Å². The molecule has 2 aliphatic heterocycles. The predicted octanol–water partition coefficient (Wildman–Crippen LogP) is 5.24. The first-order valence-corrected chi connectivity index (χ1v) is 14.0. The summed E-state index contributed by atoms with van der Waals surface area (Å²) in [7, 11) is 0. The number of halogens is 1. The van der Waals surface area contributed by atoms with Gasteiger partial charge in [0.2, 0.25) is 0 Å². The van der Waals surface area contributed by atoms with Crippen molar-refractivity contribution in [2.75, 3.05) is 44.3 Å². The Kier molecular flexibility index (Phi) is 5.38. The van der Waals surface area contributed by atoms with E-state index in [1.165, 1.54) is 31.2 Å². The van der Waals surface area contributed by atoms with Crippen molar-refractivity contribution in [2.24, 2.45) is 0 Å². The number of aromatic amines is 1. The molecule has 2 aromatic carbocycles. The van der Waals surface area contributed by atoms with Gasteiger partial charge in [0.15, 0.2) is 5.78 Å². The molecular formula is C29H31BrN4O2. The van der Waals surface area contributed by atoms with Crippen molar-refractivity contribution >= 4 is 44.5 Å². The van der Waals surface area contributed by atoms with Gasteiger partial charge < -0.3 is 20.0 Å². The molecular weight excluding hydrogens is 516 g/mol. The van der Waals surface area contributed by atoms with Crippen LogP contribution in [0.5, 0.6) is 0 Å². The Labute approximate surface area is 219 Å². The molecule has 4 aliphatic rings. The second-order valence-electron chi connectivity index (χ2n) is 10.8. The zero-order chi connectivity index (χ0) is 24.4. The molecule has 3 aromatic rings. The fourth-order valence-electron chi connectivity index (χ4n) is 6.88. The van der Waals surface area contributed by atoms with Gasteiger partial charge >= 0.3 is 0 Å². The zero-order valence-electron chi connectivity index (χ0n) is 20.4. The van der Waals surface area contributed by atoms with E-state index in [4.69, 9.17) is 10.1 Å². The molecule has 1 saturated carbocycles. The zero-order valence-corrected chi connectivity index (χ0v) is 22.0. The van der Waals surface area contributed by atoms with Crippen molar-refractivity contribution < 1.29 is 9.53 Å². The van der Waals surface area contributed by atoms with E-state index in [-0.39, 0.29) is 11.2 Å². The molecule has 2 saturated heterocycles. The number of rotatable bonds is 3. The molecule has 7 rings (SSSR count). The van der Waals surface area contributed by atoms with Crippen LogP contribution in [0.1, 0.15) is 64.8 Å². The lowest BCUT2D eigenvalue weighted by Gasteiger charge is -2.45. The Balaban J connectivity index is 1.34. The van der Waals surface area contributed by atoms with Gasteiger partial charge in [-0.3, -0.25) is 9.69 Å². The number of fused-ring (bicyclic) bond motifs is 6. The van der Waals surface area contributed by atoms with Crippen molar-refractivity contribution in [1.82, 2.24) is 9.88 Å². The van der Waals surface area contributed by atoms with Crippen LogP contribution in [0.15, 0.2) is 34.8 Å². The van der Waals surface area contributed by atoms with Crippen molar-refractivity contribution in [2.45, 2.75) is 43.6 Å². The number of ether oxygens (including phenoxy) is 1. The van der Waals surface area contributed by atoms with Gasteiger partial charge in [0.1, 0.15) is 0 Å². The Bertz CT molecular complexity index is 1380. The summed E-state index contributed by atoms with van der Waals surface area (Å²) in [6.45, 7) is 5.60. The first-order chi connectivity index (χ1) is 17.6. The summed E-state index contributed by atoms with van der Waals surface area (Å²) in [4.78, 5) is 22.8. The molecule has 0 radical (unpaired) electrons. The van der Waals surface area contributed by atoms with Gasteiger partial charge in [-0.25, -0.2) is 0 Å². The molecule has 7 heteroatoms. The van der Waals surface area contributed by atoms with E-state index in [2.05, 4.69) is 42.8 Å². The fraction of sp³-hybridized carbons (Fsp3) is 0.448. The number of aromatic nitrogens is 1. The predicted molar refractivity (Wildman–Crippen MR) is 146 cm³/mol. The molecule has 186 valence electrons. The van der Waals surface area contributed by atoms with E-state index in [0.717, 1.165) is 88.4 Å². The Morgan fingerprint density at radius 1 is 1.08 bits per heavy atom. The minimum Gasteiger partial charge on any atom is -0.381 e. The van der Waals surface area contributed by atoms with E-state index < -0.39 is 0 Å². The summed E-state index contributed by atoms with van der Waals surface area (Å²) in [5.74, 6) is 0.0908. The maximum absolute atomic E-state index is 14.0. The third-order valence-corrected chi connectivity index (χ3v) is 9.77. The molecule has 3 heterocycles. The van der Waals surface area contributed by atoms with Crippen LogP contribution in [-0.4, -0.2) is 67.3 Å². The third kappa shape index (κ3) is 3.29. The number of hydrogen-bond donors (Lipinski definition) is 2. The topological polar surface area (TPSA) is 72.4 Å². The molecule has 1 spiro atoms. The summed E-state index contributed by atoms with van der Waals surface area (Å²) in [5.41, 5.74) is 6.47. The molecule has 2 N–H and O–H groups in total. The van der Waals surface area contributed by atoms with Gasteiger partial charge in [0.25, 0.3) is 0 Å². The van der Waals surface area contributed by atoms with Crippen LogP contribution in [0.25, 0.3) is 10.9 Å². The lowest BCUT2D eigenvalue weighted by Crippen LogP contribution is -2.52. The lowest BCUT2D eigenvalue weighted by atomic mass is 9.64. The third-order valence-electron chi connectivity index (χ3n) is 9.13. The van der Waals surface area contributed by atoms with Crippen LogP contribution in [0.4, 0.5) is 5.69 Å². The van der Waals surface area contributed by atoms with Crippen LogP contribution in [0.3, 0.4) is 0 Å². The maximum atomic E-state index is 14.0. The monoisotopic (exact) mass is 546 g/mol. The van der Waals surface area contributed by atoms with E-state index in [0.29, 0.717) is 13.2 Å². The number of anilines is 1. The number of piperazine rings is 1. The largest absolute Gasteiger partial charge is 0.381 e. The second kappa shape index (κ2) is 8.54. The second-order valence-corrected chi connectivity index (χ2v) is 11.7. The number of nitrogens with one attached hydrogen (secondary N) is 2. The Morgan fingerprint density at radius 3 is 2.56 bits per heavy atom. The van der Waals surface area contributed by atoms with Crippen LogP contribution in [0.2, 0.25) is 0 Å². The van der Waals surface area contributed by atoms with Crippen LogP contribution < -0.4 is 4.90 Å². The van der Waals surface area contributed by atoms with Gasteiger partial charge in [-0.05, 0) is 70.9 Å². The maximum Gasteiger partial charge on any atom is 0.195 e. The number of carbonyl (C=O) groups excluding carboxylic acids is 1. The Hall–Kier alpha value is -2.48. The molecule has 0 bridgehead atoms. The number of carbonyl (C=O) groups is 1. The highest BCUT2D eigenvalue weighted by Crippen LogP contribution is 2.51. The highest BCUT2D eigenvalue weighted by Gasteiger charge is 2.47. The molecule has 6 nitrogen and oxygen atoms in total. The first kappa shape index (κ1) is 22.7. The summed E-state index contributed by atoms with van der Waals surface area (Å²) in [6.07, 6.45) is 7.13. The molecule has 0 atom stereocenters. The van der Waals surface area contributed by atoms with Gasteiger partial charge in [0.05, 0.1) is 11.3 Å². The summed E-state index contributed by atoms with van der Waals surface area (Å²) < 4.78 is 6.83. The lowest BCUT2D eigenvalue weighted by molar-refractivity contribution is 0.0602. The van der Waals surface area contributed by atoms with Crippen molar-refractivity contribution in [3.05, 3.63) is 62.8 Å². The van der Waals surface area contributed by atoms with Crippen molar-refractivity contribution in [3.63, 3.8) is 0 Å². The molecule has 36 heavy (non-hydrogen) atoms. The van der Waals surface area contributed by atoms with Gasteiger partial charge in [-0.2, -0.15) is 0 Å². The molecule has 0 unspecified atom stereocenters. The average Bonchev–Trinajstić information content (AvgIpc) is 3.27. The SMILES string of the molecule is N=Cc1ccc2c3c([nH]c2c1)C1(CCOCC1)c1cc(N2CCN(C4CCC4)CC2)c(Br)cc1C3=O. The van der Waals surface area contributed by atoms with Crippen LogP contribution in [-0.2, 0) is 10.2 Å². The highest BCUT2D eigenvalue weighted by molar-refractivity contribution is 9.10. The first-order valence-electron chi connectivity index (χ1n) is 13.2. The number of ketones is 1. The van der Waals surface area contributed by atoms with E-state index in [9.17, 15) is 4.79 Å². The number of benzene rings is 2. The van der Waals surface area contributed by atoms with E-state index in [1.807, 2.05) is 18.2 Å². The van der Waals surface area contributed by atoms with Crippen LogP contribution in [0, 0.1) is 5.41 Å². The fourth-order valence-corrected chi connectivity index (χ4v) is 7.47. The Morgan fingerprint density at radius 2 is 1.86 bits per heavy atom. The van der Waals surface area contributed by atoms with Gasteiger partial charge in [-0.15, -0.1) is 0 Å². The van der Waals surface area contributed by atoms with Gasteiger partial charge in [-0.1, -0.05) is 18.6 Å². The smallest absolute Gasteiger partial charge is 0.195 e. The minimum absolute atomic E-state index is 0.0908.